The smallest absolute Gasteiger partial charge is 0.442 e. The van der Waals surface area contributed by atoms with Crippen molar-refractivity contribution < 1.29 is 18.5 Å². The number of nitrogens with zero attached hydrogens (tertiary/aromatic N) is 3. The number of benzene rings is 1. The molecule has 0 saturated carbocycles. The topological polar surface area (TPSA) is 115 Å². The molecular weight excluding hydrogens is 474 g/mol. The van der Waals surface area contributed by atoms with Crippen molar-refractivity contribution in [2.24, 2.45) is 4.36 Å². The van der Waals surface area contributed by atoms with Crippen molar-refractivity contribution in [2.75, 3.05) is 36.6 Å². The molecule has 2 aromatic heterocycles. The Morgan fingerprint density at radius 3 is 2.82 bits per heavy atom. The van der Waals surface area contributed by atoms with Gasteiger partial charge in [0, 0.05) is 41.1 Å². The third-order valence-corrected chi connectivity index (χ3v) is 7.71. The van der Waals surface area contributed by atoms with Crippen LogP contribution in [0.5, 0.6) is 0 Å². The minimum absolute atomic E-state index is 0.177. The molecule has 9 nitrogen and oxygen atoms in total. The highest BCUT2D eigenvalue weighted by Gasteiger charge is 2.17. The molecule has 2 N–H and O–H groups in total. The van der Waals surface area contributed by atoms with E-state index < -0.39 is 15.8 Å². The molecule has 1 amide bonds. The molecule has 1 fully saturated rings. The first kappa shape index (κ1) is 24.1. The number of amides is 1. The van der Waals surface area contributed by atoms with Crippen LogP contribution in [-0.4, -0.2) is 52.4 Å². The molecule has 0 radical (unpaired) electrons. The molecule has 34 heavy (non-hydrogen) atoms. The van der Waals surface area contributed by atoms with Crippen LogP contribution in [0.3, 0.4) is 0 Å². The summed E-state index contributed by atoms with van der Waals surface area (Å²) in [6.07, 6.45) is 4.66. The van der Waals surface area contributed by atoms with E-state index in [0.717, 1.165) is 35.7 Å². The number of hydrogen-bond acceptors (Lipinski definition) is 9. The minimum Gasteiger partial charge on any atom is -0.448 e. The average Bonchev–Trinajstić information content (AvgIpc) is 3.53. The Labute approximate surface area is 203 Å². The van der Waals surface area contributed by atoms with Crippen molar-refractivity contribution in [1.82, 2.24) is 9.97 Å². The van der Waals surface area contributed by atoms with Gasteiger partial charge in [0.05, 0.1) is 28.0 Å². The fourth-order valence-electron chi connectivity index (χ4n) is 3.47. The van der Waals surface area contributed by atoms with Crippen LogP contribution in [0.15, 0.2) is 57.2 Å². The highest BCUT2D eigenvalue weighted by atomic mass is 32.2. The Balaban J connectivity index is 1.52. The summed E-state index contributed by atoms with van der Waals surface area (Å²) in [5, 5.41) is 8.62. The first-order valence-electron chi connectivity index (χ1n) is 11.0. The van der Waals surface area contributed by atoms with Gasteiger partial charge in [-0.3, -0.25) is 0 Å². The second-order valence-corrected chi connectivity index (χ2v) is 10.9. The summed E-state index contributed by atoms with van der Waals surface area (Å²) < 4.78 is 27.0. The predicted molar refractivity (Wildman–Crippen MR) is 134 cm³/mol. The lowest BCUT2D eigenvalue weighted by Gasteiger charge is -2.15. The van der Waals surface area contributed by atoms with E-state index in [1.54, 1.807) is 48.7 Å². The Hall–Kier alpha value is -3.02. The lowest BCUT2D eigenvalue weighted by atomic mass is 10.2. The maximum Gasteiger partial charge on any atom is 0.442 e. The van der Waals surface area contributed by atoms with E-state index in [9.17, 15) is 9.00 Å². The van der Waals surface area contributed by atoms with Crippen molar-refractivity contribution in [3.05, 3.63) is 48.0 Å². The third-order valence-electron chi connectivity index (χ3n) is 5.16. The molecule has 1 aromatic carbocycles. The predicted octanol–water partition coefficient (Wildman–Crippen LogP) is 5.15. The van der Waals surface area contributed by atoms with Crippen LogP contribution >= 0.6 is 11.3 Å². The van der Waals surface area contributed by atoms with Gasteiger partial charge in [0.25, 0.3) is 0 Å². The van der Waals surface area contributed by atoms with Crippen LogP contribution < -0.4 is 10.6 Å². The van der Waals surface area contributed by atoms with Gasteiger partial charge in [-0.15, -0.1) is 15.7 Å². The van der Waals surface area contributed by atoms with E-state index >= 15 is 0 Å². The largest absolute Gasteiger partial charge is 0.448 e. The minimum atomic E-state index is -2.90. The molecule has 3 heterocycles. The number of ether oxygens (including phenoxy) is 2. The standard InChI is InChI=1S/C23H27N5O4S2/c1-3-31-23(29)28-34(2,30)18-10-8-16(9-11-18)26-22-25-15-19(20-7-5-13-33-20)21(27-22)24-14-17-6-4-12-32-17/h5,7-11,13,15,17H,3-4,6,12,14H2,1-2H3,(H2,24,25,26,27). The van der Waals surface area contributed by atoms with Crippen molar-refractivity contribution in [1.29, 1.82) is 0 Å². The Morgan fingerprint density at radius 2 is 2.15 bits per heavy atom. The van der Waals surface area contributed by atoms with E-state index in [1.807, 2.05) is 17.5 Å². The van der Waals surface area contributed by atoms with Crippen molar-refractivity contribution in [3.8, 4) is 10.4 Å². The van der Waals surface area contributed by atoms with Gasteiger partial charge in [-0.25, -0.2) is 14.0 Å². The fourth-order valence-corrected chi connectivity index (χ4v) is 5.29. The zero-order valence-electron chi connectivity index (χ0n) is 19.0. The second kappa shape index (κ2) is 10.9. The van der Waals surface area contributed by atoms with Crippen molar-refractivity contribution in [3.63, 3.8) is 0 Å². The summed E-state index contributed by atoms with van der Waals surface area (Å²) in [6, 6.07) is 10.8. The number of anilines is 3. The van der Waals surface area contributed by atoms with Gasteiger partial charge in [0.1, 0.15) is 5.82 Å². The third kappa shape index (κ3) is 6.10. The molecular formula is C23H27N5O4S2. The maximum atomic E-state index is 12.8. The molecule has 0 spiro atoms. The molecule has 1 aliphatic rings. The number of carbonyl (C=O) groups excluding carboxylic acids is 1. The van der Waals surface area contributed by atoms with E-state index in [0.29, 0.717) is 23.1 Å². The van der Waals surface area contributed by atoms with Crippen molar-refractivity contribution >= 4 is 44.6 Å². The van der Waals surface area contributed by atoms with Gasteiger partial charge < -0.3 is 20.1 Å². The van der Waals surface area contributed by atoms with E-state index in [4.69, 9.17) is 14.5 Å². The molecule has 11 heteroatoms. The van der Waals surface area contributed by atoms with E-state index in [1.165, 1.54) is 6.26 Å². The molecule has 0 aliphatic carbocycles. The summed E-state index contributed by atoms with van der Waals surface area (Å²) in [6.45, 7) is 3.33. The number of nitrogens with one attached hydrogen (secondary N) is 2. The summed E-state index contributed by atoms with van der Waals surface area (Å²) in [4.78, 5) is 22.3. The quantitative estimate of drug-likeness (QED) is 0.435. The van der Waals surface area contributed by atoms with Gasteiger partial charge in [0.2, 0.25) is 5.95 Å². The first-order chi connectivity index (χ1) is 16.4. The van der Waals surface area contributed by atoms with Crippen molar-refractivity contribution in [2.45, 2.75) is 30.8 Å². The highest BCUT2D eigenvalue weighted by Crippen LogP contribution is 2.31. The van der Waals surface area contributed by atoms with Gasteiger partial charge in [-0.05, 0) is 55.5 Å². The number of carbonyl (C=O) groups is 1. The van der Waals surface area contributed by atoms with Gasteiger partial charge in [-0.1, -0.05) is 6.07 Å². The number of hydrogen-bond donors (Lipinski definition) is 2. The van der Waals surface area contributed by atoms with Crippen LogP contribution in [0.1, 0.15) is 19.8 Å². The van der Waals surface area contributed by atoms with Gasteiger partial charge in [-0.2, -0.15) is 4.98 Å². The zero-order chi connectivity index (χ0) is 24.0. The average molecular weight is 502 g/mol. The van der Waals surface area contributed by atoms with Gasteiger partial charge in [0.15, 0.2) is 0 Å². The second-order valence-electron chi connectivity index (χ2n) is 7.69. The summed E-state index contributed by atoms with van der Waals surface area (Å²) >= 11 is 1.63. The molecule has 2 unspecified atom stereocenters. The van der Waals surface area contributed by atoms with Crippen LogP contribution in [0.4, 0.5) is 22.2 Å². The SMILES string of the molecule is CCOC(=O)N=S(C)(=O)c1ccc(Nc2ncc(-c3cccs3)c(NCC3CCCO3)n2)cc1. The molecule has 0 bridgehead atoms. The Kier molecular flexibility index (Phi) is 7.76. The van der Waals surface area contributed by atoms with Crippen LogP contribution in [-0.2, 0) is 19.2 Å². The first-order valence-corrected chi connectivity index (χ1v) is 13.8. The fraction of sp³-hybridized carbons (Fsp3) is 0.348. The number of rotatable bonds is 8. The monoisotopic (exact) mass is 501 g/mol. The van der Waals surface area contributed by atoms with Crippen LogP contribution in [0.2, 0.25) is 0 Å². The van der Waals surface area contributed by atoms with E-state index in [-0.39, 0.29) is 12.7 Å². The molecule has 180 valence electrons. The molecule has 3 aromatic rings. The Bertz CT molecular complexity index is 1230. The molecule has 2 atom stereocenters. The zero-order valence-corrected chi connectivity index (χ0v) is 20.7. The van der Waals surface area contributed by atoms with E-state index in [2.05, 4.69) is 20.0 Å². The van der Waals surface area contributed by atoms with Gasteiger partial charge >= 0.3 is 6.09 Å². The van der Waals surface area contributed by atoms with Crippen LogP contribution in [0.25, 0.3) is 10.4 Å². The summed E-state index contributed by atoms with van der Waals surface area (Å²) in [5.41, 5.74) is 1.64. The highest BCUT2D eigenvalue weighted by molar-refractivity contribution is 7.93. The molecule has 1 saturated heterocycles. The lowest BCUT2D eigenvalue weighted by molar-refractivity contribution is 0.120. The Morgan fingerprint density at radius 1 is 1.32 bits per heavy atom. The molecule has 4 rings (SSSR count). The number of aromatic nitrogens is 2. The maximum absolute atomic E-state index is 12.8. The lowest BCUT2D eigenvalue weighted by Crippen LogP contribution is -2.19. The van der Waals surface area contributed by atoms with Crippen LogP contribution in [0, 0.1) is 0 Å². The summed E-state index contributed by atoms with van der Waals surface area (Å²) in [5.74, 6) is 1.16. The molecule has 1 aliphatic heterocycles. The number of thiophene rings is 1. The summed E-state index contributed by atoms with van der Waals surface area (Å²) in [7, 11) is -2.90. The normalized spacial score (nSPS) is 17.1.